The Kier molecular flexibility index (Phi) is 5.02. The van der Waals surface area contributed by atoms with Crippen LogP contribution in [0.4, 0.5) is 0 Å². The molecule has 1 saturated heterocycles. The molecular weight excluding hydrogens is 314 g/mol. The standard InChI is InChI=1S/C20H25N3O2/c1-14(2)18-13-17(21-22(18)3)20(25)23-11-7-10-16(23)12-19(24)15-8-5-4-6-9-15/h4-6,8-9,13-14,16H,7,10-12H2,1-3H3/t16-/m1/s1. The van der Waals surface area contributed by atoms with Gasteiger partial charge in [-0.1, -0.05) is 44.2 Å². The van der Waals surface area contributed by atoms with E-state index in [0.717, 1.165) is 18.5 Å². The minimum atomic E-state index is -0.0640. The van der Waals surface area contributed by atoms with Gasteiger partial charge in [-0.3, -0.25) is 14.3 Å². The highest BCUT2D eigenvalue weighted by Crippen LogP contribution is 2.25. The lowest BCUT2D eigenvalue weighted by molar-refractivity contribution is 0.0711. The lowest BCUT2D eigenvalue weighted by Gasteiger charge is -2.23. The molecule has 3 rings (SSSR count). The molecule has 2 heterocycles. The van der Waals surface area contributed by atoms with Gasteiger partial charge in [-0.2, -0.15) is 5.10 Å². The van der Waals surface area contributed by atoms with E-state index in [1.807, 2.05) is 48.3 Å². The van der Waals surface area contributed by atoms with E-state index >= 15 is 0 Å². The van der Waals surface area contributed by atoms with E-state index in [1.165, 1.54) is 0 Å². The summed E-state index contributed by atoms with van der Waals surface area (Å²) in [5.41, 5.74) is 2.23. The van der Waals surface area contributed by atoms with Crippen LogP contribution in [-0.2, 0) is 7.05 Å². The van der Waals surface area contributed by atoms with E-state index in [-0.39, 0.29) is 17.7 Å². The molecule has 1 aromatic heterocycles. The summed E-state index contributed by atoms with van der Waals surface area (Å²) in [4.78, 5) is 27.2. The largest absolute Gasteiger partial charge is 0.334 e. The van der Waals surface area contributed by atoms with Crippen molar-refractivity contribution in [1.82, 2.24) is 14.7 Å². The average Bonchev–Trinajstić information content (AvgIpc) is 3.21. The van der Waals surface area contributed by atoms with Gasteiger partial charge in [0, 0.05) is 37.3 Å². The van der Waals surface area contributed by atoms with E-state index in [4.69, 9.17) is 0 Å². The summed E-state index contributed by atoms with van der Waals surface area (Å²) in [6, 6.07) is 11.1. The van der Waals surface area contributed by atoms with Crippen LogP contribution in [0.15, 0.2) is 36.4 Å². The van der Waals surface area contributed by atoms with Crippen LogP contribution in [0.2, 0.25) is 0 Å². The number of ketones is 1. The second kappa shape index (κ2) is 7.21. The van der Waals surface area contributed by atoms with Crippen molar-refractivity contribution >= 4 is 11.7 Å². The highest BCUT2D eigenvalue weighted by atomic mass is 16.2. The number of aryl methyl sites for hydroxylation is 1. The fourth-order valence-electron chi connectivity index (χ4n) is 3.54. The van der Waals surface area contributed by atoms with Gasteiger partial charge in [0.15, 0.2) is 11.5 Å². The summed E-state index contributed by atoms with van der Waals surface area (Å²) in [6.07, 6.45) is 2.18. The third-order valence-corrected chi connectivity index (χ3v) is 4.88. The zero-order valence-corrected chi connectivity index (χ0v) is 15.1. The first-order chi connectivity index (χ1) is 12.0. The molecule has 25 heavy (non-hydrogen) atoms. The number of hydrogen-bond donors (Lipinski definition) is 0. The molecule has 0 saturated carbocycles. The van der Waals surface area contributed by atoms with Crippen LogP contribution in [-0.4, -0.2) is 39.0 Å². The van der Waals surface area contributed by atoms with E-state index in [0.29, 0.717) is 30.1 Å². The summed E-state index contributed by atoms with van der Waals surface area (Å²) < 4.78 is 1.78. The topological polar surface area (TPSA) is 55.2 Å². The number of hydrogen-bond acceptors (Lipinski definition) is 3. The summed E-state index contributed by atoms with van der Waals surface area (Å²) in [7, 11) is 1.87. The zero-order valence-electron chi connectivity index (χ0n) is 15.1. The third kappa shape index (κ3) is 3.65. The fraction of sp³-hybridized carbons (Fsp3) is 0.450. The van der Waals surface area contributed by atoms with E-state index in [1.54, 1.807) is 4.68 Å². The van der Waals surface area contributed by atoms with Crippen LogP contribution >= 0.6 is 0 Å². The normalized spacial score (nSPS) is 17.3. The van der Waals surface area contributed by atoms with Gasteiger partial charge in [-0.15, -0.1) is 0 Å². The van der Waals surface area contributed by atoms with Gasteiger partial charge >= 0.3 is 0 Å². The van der Waals surface area contributed by atoms with E-state index < -0.39 is 0 Å². The molecule has 1 fully saturated rings. The Bertz CT molecular complexity index is 765. The Balaban J connectivity index is 1.74. The molecule has 5 nitrogen and oxygen atoms in total. The zero-order chi connectivity index (χ0) is 18.0. The highest BCUT2D eigenvalue weighted by molar-refractivity contribution is 5.97. The molecule has 132 valence electrons. The molecular formula is C20H25N3O2. The first kappa shape index (κ1) is 17.4. The van der Waals surface area contributed by atoms with E-state index in [9.17, 15) is 9.59 Å². The number of carbonyl (C=O) groups excluding carboxylic acids is 2. The molecule has 1 aromatic carbocycles. The summed E-state index contributed by atoms with van der Waals surface area (Å²) >= 11 is 0. The van der Waals surface area contributed by atoms with Gasteiger partial charge < -0.3 is 4.90 Å². The monoisotopic (exact) mass is 339 g/mol. The van der Waals surface area contributed by atoms with Crippen molar-refractivity contribution in [3.05, 3.63) is 53.3 Å². The molecule has 5 heteroatoms. The maximum absolute atomic E-state index is 12.9. The van der Waals surface area contributed by atoms with Crippen molar-refractivity contribution in [1.29, 1.82) is 0 Å². The van der Waals surface area contributed by atoms with Crippen molar-refractivity contribution < 1.29 is 9.59 Å². The van der Waals surface area contributed by atoms with Crippen molar-refractivity contribution in [3.63, 3.8) is 0 Å². The molecule has 0 radical (unpaired) electrons. The van der Waals surface area contributed by atoms with Gasteiger partial charge in [0.1, 0.15) is 0 Å². The smallest absolute Gasteiger partial charge is 0.274 e. The number of rotatable bonds is 5. The van der Waals surface area contributed by atoms with Crippen molar-refractivity contribution in [2.24, 2.45) is 7.05 Å². The number of aromatic nitrogens is 2. The second-order valence-corrected chi connectivity index (χ2v) is 7.02. The Labute approximate surface area is 148 Å². The van der Waals surface area contributed by atoms with Crippen LogP contribution < -0.4 is 0 Å². The number of likely N-dealkylation sites (tertiary alicyclic amines) is 1. The fourth-order valence-corrected chi connectivity index (χ4v) is 3.54. The Morgan fingerprint density at radius 1 is 1.24 bits per heavy atom. The molecule has 1 aliphatic heterocycles. The third-order valence-electron chi connectivity index (χ3n) is 4.88. The minimum Gasteiger partial charge on any atom is -0.334 e. The highest BCUT2D eigenvalue weighted by Gasteiger charge is 2.32. The van der Waals surface area contributed by atoms with Crippen LogP contribution in [0.25, 0.3) is 0 Å². The van der Waals surface area contributed by atoms with Crippen molar-refractivity contribution in [2.45, 2.75) is 45.1 Å². The lowest BCUT2D eigenvalue weighted by Crippen LogP contribution is -2.37. The molecule has 0 spiro atoms. The number of nitrogens with zero attached hydrogens (tertiary/aromatic N) is 3. The first-order valence-corrected chi connectivity index (χ1v) is 8.90. The van der Waals surface area contributed by atoms with Crippen LogP contribution in [0.1, 0.15) is 65.6 Å². The maximum atomic E-state index is 12.9. The minimum absolute atomic E-state index is 0.0373. The second-order valence-electron chi connectivity index (χ2n) is 7.02. The lowest BCUT2D eigenvalue weighted by atomic mass is 10.0. The van der Waals surface area contributed by atoms with E-state index in [2.05, 4.69) is 18.9 Å². The van der Waals surface area contributed by atoms with Gasteiger partial charge in [0.2, 0.25) is 0 Å². The van der Waals surface area contributed by atoms with Crippen LogP contribution in [0.5, 0.6) is 0 Å². The molecule has 2 aromatic rings. The van der Waals surface area contributed by atoms with Crippen molar-refractivity contribution in [2.75, 3.05) is 6.54 Å². The predicted molar refractivity (Wildman–Crippen MR) is 96.7 cm³/mol. The molecule has 0 bridgehead atoms. The molecule has 0 unspecified atom stereocenters. The Morgan fingerprint density at radius 2 is 1.96 bits per heavy atom. The summed E-state index contributed by atoms with van der Waals surface area (Å²) in [6.45, 7) is 4.87. The van der Waals surface area contributed by atoms with Crippen LogP contribution in [0, 0.1) is 0 Å². The average molecular weight is 339 g/mol. The SMILES string of the molecule is CC(C)c1cc(C(=O)N2CCC[C@@H]2CC(=O)c2ccccc2)nn1C. The van der Waals surface area contributed by atoms with Crippen LogP contribution in [0.3, 0.4) is 0 Å². The number of carbonyl (C=O) groups is 2. The number of amides is 1. The first-order valence-electron chi connectivity index (χ1n) is 8.90. The quantitative estimate of drug-likeness (QED) is 0.784. The predicted octanol–water partition coefficient (Wildman–Crippen LogP) is 3.42. The number of benzene rings is 1. The molecule has 1 aliphatic rings. The molecule has 0 aliphatic carbocycles. The molecule has 0 N–H and O–H groups in total. The van der Waals surface area contributed by atoms with Gasteiger partial charge in [0.25, 0.3) is 5.91 Å². The Hall–Kier alpha value is -2.43. The number of Topliss-reactive ketones (excluding diaryl/α,β-unsaturated/α-hetero) is 1. The molecule has 1 amide bonds. The Morgan fingerprint density at radius 3 is 2.60 bits per heavy atom. The van der Waals surface area contributed by atoms with Gasteiger partial charge in [-0.05, 0) is 24.8 Å². The van der Waals surface area contributed by atoms with Gasteiger partial charge in [0.05, 0.1) is 0 Å². The maximum Gasteiger partial charge on any atom is 0.274 e. The van der Waals surface area contributed by atoms with Gasteiger partial charge in [-0.25, -0.2) is 0 Å². The van der Waals surface area contributed by atoms with Crippen molar-refractivity contribution in [3.8, 4) is 0 Å². The molecule has 1 atom stereocenters. The summed E-state index contributed by atoms with van der Waals surface area (Å²) in [5.74, 6) is 0.341. The summed E-state index contributed by atoms with van der Waals surface area (Å²) in [5, 5.41) is 4.39.